The van der Waals surface area contributed by atoms with Crippen LogP contribution in [-0.4, -0.2) is 41.8 Å². The Kier molecular flexibility index (Phi) is 7.28. The van der Waals surface area contributed by atoms with Crippen molar-refractivity contribution < 1.29 is 24.2 Å². The Morgan fingerprint density at radius 2 is 1.58 bits per heavy atom. The number of amides is 2. The summed E-state index contributed by atoms with van der Waals surface area (Å²) in [5, 5.41) is 14.1. The van der Waals surface area contributed by atoms with Crippen molar-refractivity contribution in [3.8, 4) is 11.1 Å². The summed E-state index contributed by atoms with van der Waals surface area (Å²) in [5.41, 5.74) is 4.63. The Morgan fingerprint density at radius 1 is 1.00 bits per heavy atom. The summed E-state index contributed by atoms with van der Waals surface area (Å²) in [6.07, 6.45) is 0.637. The number of fused-ring (bicyclic) bond motifs is 3. The minimum Gasteiger partial charge on any atom is -0.480 e. The second-order valence-electron chi connectivity index (χ2n) is 7.74. The Bertz CT molecular complexity index is 913. The highest BCUT2D eigenvalue weighted by atomic mass is 16.5. The Hall–Kier alpha value is -3.35. The summed E-state index contributed by atoms with van der Waals surface area (Å²) >= 11 is 0. The van der Waals surface area contributed by atoms with Crippen molar-refractivity contribution in [1.29, 1.82) is 0 Å². The van der Waals surface area contributed by atoms with Crippen LogP contribution in [0, 0.1) is 0 Å². The van der Waals surface area contributed by atoms with Crippen LogP contribution in [0.15, 0.2) is 48.5 Å². The molecule has 1 aliphatic carbocycles. The third-order valence-electron chi connectivity index (χ3n) is 5.63. The first-order valence-corrected chi connectivity index (χ1v) is 10.5. The number of benzene rings is 2. The lowest BCUT2D eigenvalue weighted by Gasteiger charge is -2.19. The number of carbonyl (C=O) groups is 3. The van der Waals surface area contributed by atoms with Gasteiger partial charge in [0.15, 0.2) is 0 Å². The van der Waals surface area contributed by atoms with Crippen molar-refractivity contribution >= 4 is 18.0 Å². The van der Waals surface area contributed by atoms with E-state index in [2.05, 4.69) is 34.9 Å². The molecule has 3 N–H and O–H groups in total. The van der Waals surface area contributed by atoms with Gasteiger partial charge in [0.05, 0.1) is 0 Å². The van der Waals surface area contributed by atoms with Crippen molar-refractivity contribution in [3.05, 3.63) is 59.7 Å². The predicted octanol–water partition coefficient (Wildman–Crippen LogP) is 3.67. The van der Waals surface area contributed by atoms with Crippen LogP contribution < -0.4 is 10.6 Å². The first-order valence-electron chi connectivity index (χ1n) is 10.5. The zero-order valence-electron chi connectivity index (χ0n) is 17.8. The van der Waals surface area contributed by atoms with Crippen LogP contribution >= 0.6 is 0 Å². The number of carboxylic acid groups (broad SMARTS) is 1. The van der Waals surface area contributed by atoms with Gasteiger partial charge in [-0.3, -0.25) is 9.59 Å². The fraction of sp³-hybridized carbons (Fsp3) is 0.375. The normalized spacial score (nSPS) is 14.1. The van der Waals surface area contributed by atoms with E-state index in [1.54, 1.807) is 0 Å². The number of carbonyl (C=O) groups excluding carboxylic acids is 2. The lowest BCUT2D eigenvalue weighted by Crippen LogP contribution is -2.40. The van der Waals surface area contributed by atoms with Gasteiger partial charge in [-0.05, 0) is 42.0 Å². The first-order chi connectivity index (χ1) is 14.9. The molecular formula is C24H28N2O5. The van der Waals surface area contributed by atoms with E-state index in [4.69, 9.17) is 9.84 Å². The lowest BCUT2D eigenvalue weighted by atomic mass is 9.98. The van der Waals surface area contributed by atoms with Crippen molar-refractivity contribution in [3.63, 3.8) is 0 Å². The lowest BCUT2D eigenvalue weighted by molar-refractivity contribution is -0.141. The van der Waals surface area contributed by atoms with Crippen LogP contribution in [0.4, 0.5) is 4.79 Å². The molecule has 1 aliphatic rings. The van der Waals surface area contributed by atoms with Gasteiger partial charge in [0.25, 0.3) is 0 Å². The maximum atomic E-state index is 12.4. The fourth-order valence-corrected chi connectivity index (χ4v) is 3.87. The number of hydrogen-bond donors (Lipinski definition) is 3. The van der Waals surface area contributed by atoms with E-state index in [0.717, 1.165) is 11.1 Å². The largest absolute Gasteiger partial charge is 0.480 e. The van der Waals surface area contributed by atoms with Gasteiger partial charge >= 0.3 is 12.1 Å². The summed E-state index contributed by atoms with van der Waals surface area (Å²) < 4.78 is 5.55. The zero-order chi connectivity index (χ0) is 22.4. The highest BCUT2D eigenvalue weighted by Crippen LogP contribution is 2.44. The van der Waals surface area contributed by atoms with Gasteiger partial charge in [0.2, 0.25) is 5.91 Å². The second kappa shape index (κ2) is 10.1. The summed E-state index contributed by atoms with van der Waals surface area (Å²) in [7, 11) is 0. The summed E-state index contributed by atoms with van der Waals surface area (Å²) in [6.45, 7) is 3.55. The number of aliphatic carboxylic acids is 1. The molecule has 0 saturated heterocycles. The van der Waals surface area contributed by atoms with Gasteiger partial charge in [-0.2, -0.15) is 0 Å². The van der Waals surface area contributed by atoms with Crippen LogP contribution in [0.5, 0.6) is 0 Å². The van der Waals surface area contributed by atoms with E-state index in [1.165, 1.54) is 18.1 Å². The Balaban J connectivity index is 1.52. The third kappa shape index (κ3) is 5.42. The molecule has 1 unspecified atom stereocenters. The van der Waals surface area contributed by atoms with Crippen molar-refractivity contribution in [1.82, 2.24) is 10.6 Å². The van der Waals surface area contributed by atoms with Gasteiger partial charge in [-0.15, -0.1) is 0 Å². The molecule has 0 aromatic heterocycles. The van der Waals surface area contributed by atoms with Crippen molar-refractivity contribution in [2.24, 2.45) is 0 Å². The van der Waals surface area contributed by atoms with Crippen molar-refractivity contribution in [2.75, 3.05) is 6.61 Å². The first kappa shape index (κ1) is 22.3. The molecule has 0 saturated carbocycles. The molecule has 0 radical (unpaired) electrons. The van der Waals surface area contributed by atoms with Gasteiger partial charge in [-0.25, -0.2) is 4.79 Å². The maximum absolute atomic E-state index is 12.4. The van der Waals surface area contributed by atoms with E-state index < -0.39 is 18.1 Å². The molecule has 0 heterocycles. The van der Waals surface area contributed by atoms with E-state index in [1.807, 2.05) is 31.2 Å². The Morgan fingerprint density at radius 3 is 2.13 bits per heavy atom. The molecule has 164 valence electrons. The monoisotopic (exact) mass is 424 g/mol. The standard InChI is InChI=1S/C24H28N2O5/c1-3-16(12-13-22(27)25-15(2)23(28)29)26-24(30)31-14-21-19-10-6-4-8-17(19)18-9-5-7-11-20(18)21/h4-11,15-16,21H,3,12-14H2,1-2H3,(H,25,27)(H,26,30)(H,28,29)/t15-,16?/m1/s1. The maximum Gasteiger partial charge on any atom is 0.407 e. The molecule has 0 bridgehead atoms. The van der Waals surface area contributed by atoms with E-state index in [-0.39, 0.29) is 30.9 Å². The van der Waals surface area contributed by atoms with Gasteiger partial charge in [0.1, 0.15) is 12.6 Å². The summed E-state index contributed by atoms with van der Waals surface area (Å²) in [6, 6.07) is 15.1. The van der Waals surface area contributed by atoms with Crippen LogP contribution in [-0.2, 0) is 14.3 Å². The quantitative estimate of drug-likeness (QED) is 0.570. The number of nitrogens with one attached hydrogen (secondary N) is 2. The average Bonchev–Trinajstić information content (AvgIpc) is 3.08. The SMILES string of the molecule is CCC(CCC(=O)N[C@H](C)C(=O)O)NC(=O)OCC1c2ccccc2-c2ccccc21. The zero-order valence-corrected chi connectivity index (χ0v) is 17.8. The smallest absolute Gasteiger partial charge is 0.407 e. The molecule has 0 spiro atoms. The molecule has 0 fully saturated rings. The molecular weight excluding hydrogens is 396 g/mol. The Labute approximate surface area is 181 Å². The molecule has 2 amide bonds. The molecule has 2 aromatic carbocycles. The molecule has 0 aliphatic heterocycles. The minimum absolute atomic E-state index is 0.0125. The van der Waals surface area contributed by atoms with Gasteiger partial charge in [-0.1, -0.05) is 55.5 Å². The highest BCUT2D eigenvalue weighted by Gasteiger charge is 2.29. The number of rotatable bonds is 9. The van der Waals surface area contributed by atoms with Crippen molar-refractivity contribution in [2.45, 2.75) is 51.1 Å². The van der Waals surface area contributed by atoms with E-state index in [0.29, 0.717) is 12.8 Å². The molecule has 2 atom stereocenters. The number of carboxylic acids is 1. The van der Waals surface area contributed by atoms with Gasteiger partial charge in [0, 0.05) is 18.4 Å². The van der Waals surface area contributed by atoms with Crippen LogP contribution in [0.2, 0.25) is 0 Å². The topological polar surface area (TPSA) is 105 Å². The fourth-order valence-electron chi connectivity index (χ4n) is 3.87. The van der Waals surface area contributed by atoms with Crippen LogP contribution in [0.1, 0.15) is 50.2 Å². The van der Waals surface area contributed by atoms with E-state index >= 15 is 0 Å². The minimum atomic E-state index is -1.09. The molecule has 7 nitrogen and oxygen atoms in total. The molecule has 31 heavy (non-hydrogen) atoms. The second-order valence-corrected chi connectivity index (χ2v) is 7.74. The third-order valence-corrected chi connectivity index (χ3v) is 5.63. The van der Waals surface area contributed by atoms with E-state index in [9.17, 15) is 14.4 Å². The van der Waals surface area contributed by atoms with Gasteiger partial charge < -0.3 is 20.5 Å². The number of hydrogen-bond acceptors (Lipinski definition) is 4. The van der Waals surface area contributed by atoms with Crippen LogP contribution in [0.3, 0.4) is 0 Å². The predicted molar refractivity (Wildman–Crippen MR) is 117 cm³/mol. The summed E-state index contributed by atoms with van der Waals surface area (Å²) in [5.74, 6) is -1.46. The summed E-state index contributed by atoms with van der Waals surface area (Å²) in [4.78, 5) is 35.1. The number of alkyl carbamates (subject to hydrolysis) is 1. The molecule has 3 rings (SSSR count). The average molecular weight is 424 g/mol. The molecule has 2 aromatic rings. The number of ether oxygens (including phenoxy) is 1. The highest BCUT2D eigenvalue weighted by molar-refractivity contribution is 5.83. The van der Waals surface area contributed by atoms with Crippen LogP contribution in [0.25, 0.3) is 11.1 Å². The molecule has 7 heteroatoms.